The molecule has 7 heteroatoms. The van der Waals surface area contributed by atoms with Crippen molar-refractivity contribution in [3.05, 3.63) is 40.8 Å². The maximum Gasteiger partial charge on any atom is 0.333 e. The Morgan fingerprint density at radius 2 is 1.75 bits per heavy atom. The maximum absolute atomic E-state index is 12.5. The minimum absolute atomic E-state index is 0.198. The molecule has 28 heavy (non-hydrogen) atoms. The van der Waals surface area contributed by atoms with Crippen molar-refractivity contribution in [1.82, 2.24) is 9.62 Å². The monoisotopic (exact) mass is 407 g/mol. The lowest BCUT2D eigenvalue weighted by Gasteiger charge is -2.28. The molecule has 0 bridgehead atoms. The second-order valence-electron chi connectivity index (χ2n) is 8.41. The van der Waals surface area contributed by atoms with Crippen LogP contribution in [0, 0.1) is 0 Å². The van der Waals surface area contributed by atoms with Gasteiger partial charge in [-0.15, -0.1) is 0 Å². The highest BCUT2D eigenvalue weighted by molar-refractivity contribution is 7.92. The molecule has 1 fully saturated rings. The zero-order valence-corrected chi connectivity index (χ0v) is 18.6. The van der Waals surface area contributed by atoms with Crippen molar-refractivity contribution >= 4 is 21.7 Å². The summed E-state index contributed by atoms with van der Waals surface area (Å²) < 4.78 is 26.9. The highest BCUT2D eigenvalue weighted by Crippen LogP contribution is 2.32. The summed E-state index contributed by atoms with van der Waals surface area (Å²) in [7, 11) is -1.91. The van der Waals surface area contributed by atoms with Gasteiger partial charge >= 0.3 is 6.03 Å². The smallest absolute Gasteiger partial charge is 0.307 e. The Hall–Kier alpha value is -1.86. The first kappa shape index (κ1) is 22.4. The van der Waals surface area contributed by atoms with Gasteiger partial charge in [-0.1, -0.05) is 52.0 Å². The maximum atomic E-state index is 12.5. The van der Waals surface area contributed by atoms with E-state index in [2.05, 4.69) is 14.9 Å². The Morgan fingerprint density at radius 1 is 1.18 bits per heavy atom. The molecule has 1 atom stereocenters. The molecule has 1 aromatic carbocycles. The molecule has 1 heterocycles. The number of para-hydroxylation sites is 1. The van der Waals surface area contributed by atoms with Crippen molar-refractivity contribution in [3.8, 4) is 0 Å². The zero-order chi connectivity index (χ0) is 21.1. The Labute approximate surface area is 169 Å². The van der Waals surface area contributed by atoms with Crippen LogP contribution >= 0.6 is 0 Å². The molecule has 2 rings (SSSR count). The van der Waals surface area contributed by atoms with E-state index in [1.165, 1.54) is 0 Å². The van der Waals surface area contributed by atoms with Crippen molar-refractivity contribution in [2.45, 2.75) is 64.8 Å². The highest BCUT2D eigenvalue weighted by atomic mass is 32.2. The molecule has 2 N–H and O–H groups in total. The number of benzene rings is 1. The summed E-state index contributed by atoms with van der Waals surface area (Å²) in [5, 5.41) is 3.87. The first-order valence-corrected chi connectivity index (χ1v) is 11.4. The number of carbonyl (C=O) groups is 1. The number of rotatable bonds is 6. The molecule has 0 aliphatic carbocycles. The third kappa shape index (κ3) is 5.35. The highest BCUT2D eigenvalue weighted by Gasteiger charge is 2.31. The molecule has 6 nitrogen and oxygen atoms in total. The van der Waals surface area contributed by atoms with Crippen LogP contribution in [0.3, 0.4) is 0 Å². The largest absolute Gasteiger partial charge is 0.333 e. The van der Waals surface area contributed by atoms with Crippen LogP contribution in [0.15, 0.2) is 29.7 Å². The molecule has 0 radical (unpaired) electrons. The number of sulfonamides is 1. The molecule has 1 unspecified atom stereocenters. The van der Waals surface area contributed by atoms with Crippen molar-refractivity contribution in [2.24, 2.45) is 0 Å². The van der Waals surface area contributed by atoms with Crippen molar-refractivity contribution in [3.63, 3.8) is 0 Å². The minimum Gasteiger partial charge on any atom is -0.307 e. The molecular formula is C21H33N3O3S. The number of likely N-dealkylation sites (tertiary alicyclic amines) is 1. The van der Waals surface area contributed by atoms with Crippen molar-refractivity contribution in [1.29, 1.82) is 0 Å². The Bertz CT molecular complexity index is 820. The van der Waals surface area contributed by atoms with E-state index >= 15 is 0 Å². The van der Waals surface area contributed by atoms with Gasteiger partial charge in [-0.05, 0) is 56.3 Å². The van der Waals surface area contributed by atoms with Crippen LogP contribution in [0.1, 0.15) is 70.4 Å². The van der Waals surface area contributed by atoms with E-state index in [-0.39, 0.29) is 17.4 Å². The molecule has 0 aromatic heterocycles. The Kier molecular flexibility index (Phi) is 6.93. The van der Waals surface area contributed by atoms with E-state index in [1.54, 1.807) is 6.08 Å². The summed E-state index contributed by atoms with van der Waals surface area (Å²) in [6.45, 7) is 11.1. The minimum atomic E-state index is -3.89. The van der Waals surface area contributed by atoms with Crippen molar-refractivity contribution in [2.75, 3.05) is 18.9 Å². The number of likely N-dealkylation sites (N-methyl/N-ethyl adjacent to an activating group) is 1. The van der Waals surface area contributed by atoms with Gasteiger partial charge in [0, 0.05) is 16.6 Å². The lowest BCUT2D eigenvalue weighted by molar-refractivity contribution is 0.251. The quantitative estimate of drug-likeness (QED) is 0.733. The van der Waals surface area contributed by atoms with Gasteiger partial charge < -0.3 is 5.32 Å². The van der Waals surface area contributed by atoms with Gasteiger partial charge in [-0.25, -0.2) is 17.9 Å². The van der Waals surface area contributed by atoms with E-state index in [0.29, 0.717) is 5.69 Å². The topological polar surface area (TPSA) is 78.5 Å². The number of hydrogen-bond acceptors (Lipinski definition) is 4. The normalized spacial score (nSPS) is 21.0. The summed E-state index contributed by atoms with van der Waals surface area (Å²) >= 11 is 0. The van der Waals surface area contributed by atoms with Crippen LogP contribution in [0.5, 0.6) is 0 Å². The van der Waals surface area contributed by atoms with E-state index in [9.17, 15) is 13.2 Å². The van der Waals surface area contributed by atoms with E-state index in [0.717, 1.165) is 35.9 Å². The van der Waals surface area contributed by atoms with E-state index < -0.39 is 16.1 Å². The fourth-order valence-electron chi connectivity index (χ4n) is 3.56. The van der Waals surface area contributed by atoms with Gasteiger partial charge in [0.15, 0.2) is 0 Å². The predicted molar refractivity (Wildman–Crippen MR) is 115 cm³/mol. The number of hydrogen-bond donors (Lipinski definition) is 2. The van der Waals surface area contributed by atoms with Crippen LogP contribution in [0.25, 0.3) is 0 Å². The predicted octanol–water partition coefficient (Wildman–Crippen LogP) is 4.38. The van der Waals surface area contributed by atoms with Crippen LogP contribution in [0.2, 0.25) is 0 Å². The molecule has 1 saturated heterocycles. The number of anilines is 1. The zero-order valence-electron chi connectivity index (χ0n) is 17.7. The number of carbonyl (C=O) groups excluding carboxylic acids is 1. The second-order valence-corrected chi connectivity index (χ2v) is 9.97. The average molecular weight is 408 g/mol. The number of amides is 2. The lowest BCUT2D eigenvalue weighted by Crippen LogP contribution is -2.37. The number of urea groups is 1. The molecule has 1 aliphatic heterocycles. The Morgan fingerprint density at radius 3 is 2.21 bits per heavy atom. The molecule has 1 aromatic rings. The summed E-state index contributed by atoms with van der Waals surface area (Å²) in [6, 6.07) is 5.13. The molecule has 0 spiro atoms. The van der Waals surface area contributed by atoms with E-state index in [1.807, 2.05) is 59.9 Å². The average Bonchev–Trinajstić information content (AvgIpc) is 2.92. The number of nitrogens with zero attached hydrogens (tertiary/aromatic N) is 1. The van der Waals surface area contributed by atoms with Gasteiger partial charge in [0.05, 0.1) is 0 Å². The van der Waals surface area contributed by atoms with Gasteiger partial charge in [0.25, 0.3) is 10.0 Å². The fourth-order valence-corrected chi connectivity index (χ4v) is 4.41. The van der Waals surface area contributed by atoms with Crippen molar-refractivity contribution < 1.29 is 13.2 Å². The molecule has 0 saturated carbocycles. The van der Waals surface area contributed by atoms with Crippen LogP contribution < -0.4 is 10.0 Å². The van der Waals surface area contributed by atoms with E-state index in [4.69, 9.17) is 0 Å². The summed E-state index contributed by atoms with van der Waals surface area (Å²) in [5.41, 5.74) is 2.34. The van der Waals surface area contributed by atoms with Gasteiger partial charge in [0.1, 0.15) is 0 Å². The van der Waals surface area contributed by atoms with Crippen LogP contribution in [-0.2, 0) is 10.0 Å². The van der Waals surface area contributed by atoms with Crippen LogP contribution in [0.4, 0.5) is 10.5 Å². The summed E-state index contributed by atoms with van der Waals surface area (Å²) in [4.78, 5) is 14.6. The lowest BCUT2D eigenvalue weighted by atomic mass is 9.93. The third-order valence-corrected chi connectivity index (χ3v) is 6.47. The summed E-state index contributed by atoms with van der Waals surface area (Å²) in [6.07, 6.45) is 3.58. The fraction of sp³-hybridized carbons (Fsp3) is 0.571. The first-order valence-electron chi connectivity index (χ1n) is 9.82. The molecule has 2 amide bonds. The standard InChI is InChI=1S/C21H33N3O3S/c1-15(2)17-9-7-10-18(16(3)4)19(17)22-20(25)23-28(26,27)14-12-21(5)11-8-13-24(21)6/h7,9-10,12,14-16H,8,11,13H2,1-6H3,(H2,22,23,25). The van der Waals surface area contributed by atoms with Crippen LogP contribution in [-0.4, -0.2) is 38.5 Å². The molecular weight excluding hydrogens is 374 g/mol. The van der Waals surface area contributed by atoms with Gasteiger partial charge in [-0.3, -0.25) is 4.90 Å². The SMILES string of the molecule is CC(C)c1cccc(C(C)C)c1NC(=O)NS(=O)(=O)C=CC1(C)CCCN1C. The first-order chi connectivity index (χ1) is 12.9. The second kappa shape index (κ2) is 8.66. The summed E-state index contributed by atoms with van der Waals surface area (Å²) in [5.74, 6) is 0.395. The van der Waals surface area contributed by atoms with Gasteiger partial charge in [0.2, 0.25) is 0 Å². The third-order valence-electron chi connectivity index (χ3n) is 5.50. The molecule has 1 aliphatic rings. The molecule has 156 valence electrons. The Balaban J connectivity index is 2.18. The van der Waals surface area contributed by atoms with Gasteiger partial charge in [-0.2, -0.15) is 0 Å². The number of nitrogens with one attached hydrogen (secondary N) is 2.